The van der Waals surface area contributed by atoms with Crippen LogP contribution in [0.4, 0.5) is 0 Å². The highest BCUT2D eigenvalue weighted by Crippen LogP contribution is 2.26. The van der Waals surface area contributed by atoms with Gasteiger partial charge in [0.05, 0.1) is 22.4 Å². The lowest BCUT2D eigenvalue weighted by atomic mass is 10.1. The van der Waals surface area contributed by atoms with Gasteiger partial charge in [0, 0.05) is 13.6 Å². The molecule has 1 N–H and O–H groups in total. The van der Waals surface area contributed by atoms with Crippen LogP contribution in [0.2, 0.25) is 10.0 Å². The van der Waals surface area contributed by atoms with Crippen LogP contribution in [0.5, 0.6) is 0 Å². The van der Waals surface area contributed by atoms with Crippen molar-refractivity contribution in [3.8, 4) is 0 Å². The number of hydrogen-bond acceptors (Lipinski definition) is 2. The molecule has 104 valence electrons. The molecule has 0 aliphatic carbocycles. The Hall–Kier alpha value is -1.26. The summed E-state index contributed by atoms with van der Waals surface area (Å²) >= 11 is 11.9. The van der Waals surface area contributed by atoms with Crippen LogP contribution in [-0.2, 0) is 16.0 Å². The number of aliphatic carboxylic acids is 1. The highest BCUT2D eigenvalue weighted by Gasteiger charge is 2.18. The zero-order valence-corrected chi connectivity index (χ0v) is 12.2. The summed E-state index contributed by atoms with van der Waals surface area (Å²) in [6.07, 6.45) is 0.0994. The van der Waals surface area contributed by atoms with Gasteiger partial charge in [-0.05, 0) is 11.6 Å². The molecule has 0 saturated heterocycles. The molecule has 1 atom stereocenters. The maximum Gasteiger partial charge on any atom is 0.308 e. The molecule has 1 aromatic carbocycles. The largest absolute Gasteiger partial charge is 0.481 e. The van der Waals surface area contributed by atoms with Crippen molar-refractivity contribution >= 4 is 35.1 Å². The number of nitrogens with zero attached hydrogens (tertiary/aromatic N) is 1. The molecule has 19 heavy (non-hydrogen) atoms. The van der Waals surface area contributed by atoms with Gasteiger partial charge in [0.1, 0.15) is 0 Å². The van der Waals surface area contributed by atoms with Crippen LogP contribution >= 0.6 is 23.2 Å². The summed E-state index contributed by atoms with van der Waals surface area (Å²) in [5.74, 6) is -1.73. The molecule has 0 aromatic heterocycles. The molecule has 0 saturated carbocycles. The van der Waals surface area contributed by atoms with Gasteiger partial charge in [-0.2, -0.15) is 0 Å². The van der Waals surface area contributed by atoms with Gasteiger partial charge in [-0.15, -0.1) is 0 Å². The molecule has 1 unspecified atom stereocenters. The maximum atomic E-state index is 12.0. The van der Waals surface area contributed by atoms with Gasteiger partial charge in [0.2, 0.25) is 5.91 Å². The number of benzene rings is 1. The SMILES string of the molecule is CC(CN(C)C(=O)Cc1cccc(Cl)c1Cl)C(=O)O. The molecule has 0 aliphatic heterocycles. The summed E-state index contributed by atoms with van der Waals surface area (Å²) in [6, 6.07) is 5.09. The van der Waals surface area contributed by atoms with Crippen molar-refractivity contribution in [2.45, 2.75) is 13.3 Å². The number of carboxylic acid groups (broad SMARTS) is 1. The Bertz CT molecular complexity index is 491. The number of carboxylic acids is 1. The van der Waals surface area contributed by atoms with E-state index in [1.807, 2.05) is 0 Å². The highest BCUT2D eigenvalue weighted by atomic mass is 35.5. The van der Waals surface area contributed by atoms with E-state index in [4.69, 9.17) is 28.3 Å². The molecule has 1 rings (SSSR count). The third kappa shape index (κ3) is 4.40. The Kier molecular flexibility index (Phi) is 5.63. The minimum Gasteiger partial charge on any atom is -0.481 e. The second kappa shape index (κ2) is 6.78. The third-order valence-electron chi connectivity index (χ3n) is 2.77. The number of amides is 1. The Labute approximate surface area is 121 Å². The predicted octanol–water partition coefficient (Wildman–Crippen LogP) is 2.72. The van der Waals surface area contributed by atoms with Crippen molar-refractivity contribution in [3.05, 3.63) is 33.8 Å². The first-order valence-corrected chi connectivity index (χ1v) is 6.48. The van der Waals surface area contributed by atoms with E-state index in [0.717, 1.165) is 0 Å². The van der Waals surface area contributed by atoms with Crippen molar-refractivity contribution in [1.29, 1.82) is 0 Å². The molecule has 6 heteroatoms. The average molecular weight is 304 g/mol. The number of rotatable bonds is 5. The van der Waals surface area contributed by atoms with Crippen molar-refractivity contribution in [3.63, 3.8) is 0 Å². The molecule has 1 amide bonds. The lowest BCUT2D eigenvalue weighted by Gasteiger charge is -2.19. The van der Waals surface area contributed by atoms with Crippen LogP contribution in [0.1, 0.15) is 12.5 Å². The Balaban J connectivity index is 2.69. The van der Waals surface area contributed by atoms with Gasteiger partial charge >= 0.3 is 5.97 Å². The van der Waals surface area contributed by atoms with Gasteiger partial charge in [0.15, 0.2) is 0 Å². The van der Waals surface area contributed by atoms with Crippen LogP contribution in [0.15, 0.2) is 18.2 Å². The molecular formula is C13H15Cl2NO3. The first-order chi connectivity index (χ1) is 8.82. The first-order valence-electron chi connectivity index (χ1n) is 5.72. The summed E-state index contributed by atoms with van der Waals surface area (Å²) in [5.41, 5.74) is 0.633. The number of carbonyl (C=O) groups excluding carboxylic acids is 1. The third-order valence-corrected chi connectivity index (χ3v) is 3.63. The van der Waals surface area contributed by atoms with Crippen LogP contribution in [0.3, 0.4) is 0 Å². The second-order valence-corrected chi connectivity index (χ2v) is 5.19. The predicted molar refractivity (Wildman–Crippen MR) is 74.6 cm³/mol. The van der Waals surface area contributed by atoms with E-state index >= 15 is 0 Å². The number of halogens is 2. The topological polar surface area (TPSA) is 57.6 Å². The van der Waals surface area contributed by atoms with Crippen LogP contribution in [0.25, 0.3) is 0 Å². The zero-order valence-electron chi connectivity index (χ0n) is 10.7. The molecule has 0 aliphatic rings. The normalized spacial score (nSPS) is 12.0. The molecule has 0 fully saturated rings. The fourth-order valence-corrected chi connectivity index (χ4v) is 1.96. The van der Waals surface area contributed by atoms with E-state index in [9.17, 15) is 9.59 Å². The summed E-state index contributed by atoms with van der Waals surface area (Å²) in [5, 5.41) is 9.56. The number of hydrogen-bond donors (Lipinski definition) is 1. The van der Waals surface area contributed by atoms with E-state index in [-0.39, 0.29) is 18.9 Å². The van der Waals surface area contributed by atoms with Crippen LogP contribution in [-0.4, -0.2) is 35.5 Å². The minimum atomic E-state index is -0.930. The average Bonchev–Trinajstić information content (AvgIpc) is 2.34. The van der Waals surface area contributed by atoms with Gasteiger partial charge < -0.3 is 10.0 Å². The van der Waals surface area contributed by atoms with Gasteiger partial charge in [0.25, 0.3) is 0 Å². The molecular weight excluding hydrogens is 289 g/mol. The number of carbonyl (C=O) groups is 2. The van der Waals surface area contributed by atoms with Gasteiger partial charge in [-0.25, -0.2) is 0 Å². The van der Waals surface area contributed by atoms with E-state index < -0.39 is 11.9 Å². The van der Waals surface area contributed by atoms with Crippen molar-refractivity contribution in [2.75, 3.05) is 13.6 Å². The smallest absolute Gasteiger partial charge is 0.308 e. The van der Waals surface area contributed by atoms with E-state index in [1.54, 1.807) is 32.2 Å². The summed E-state index contributed by atoms with van der Waals surface area (Å²) in [7, 11) is 1.57. The highest BCUT2D eigenvalue weighted by molar-refractivity contribution is 6.42. The van der Waals surface area contributed by atoms with E-state index in [2.05, 4.69) is 0 Å². The summed E-state index contributed by atoms with van der Waals surface area (Å²) in [6.45, 7) is 1.71. The van der Waals surface area contributed by atoms with E-state index in [0.29, 0.717) is 15.6 Å². The Morgan fingerprint density at radius 2 is 2.00 bits per heavy atom. The number of likely N-dealkylation sites (N-methyl/N-ethyl adjacent to an activating group) is 1. The van der Waals surface area contributed by atoms with Crippen LogP contribution in [0, 0.1) is 5.92 Å². The Morgan fingerprint density at radius 3 is 2.58 bits per heavy atom. The standard InChI is InChI=1S/C13H15Cl2NO3/c1-8(13(18)19)7-16(2)11(17)6-9-4-3-5-10(14)12(9)15/h3-5,8H,6-7H2,1-2H3,(H,18,19). The van der Waals surface area contributed by atoms with Gasteiger partial charge in [-0.3, -0.25) is 9.59 Å². The molecule has 0 radical (unpaired) electrons. The van der Waals surface area contributed by atoms with E-state index in [1.165, 1.54) is 4.90 Å². The molecule has 0 heterocycles. The van der Waals surface area contributed by atoms with Crippen molar-refractivity contribution in [2.24, 2.45) is 5.92 Å². The fourth-order valence-electron chi connectivity index (χ4n) is 1.57. The molecule has 0 spiro atoms. The lowest BCUT2D eigenvalue weighted by Crippen LogP contribution is -2.34. The molecule has 0 bridgehead atoms. The lowest BCUT2D eigenvalue weighted by molar-refractivity contribution is -0.142. The molecule has 4 nitrogen and oxygen atoms in total. The summed E-state index contributed by atoms with van der Waals surface area (Å²) < 4.78 is 0. The first kappa shape index (κ1) is 15.8. The quantitative estimate of drug-likeness (QED) is 0.910. The second-order valence-electron chi connectivity index (χ2n) is 4.40. The minimum absolute atomic E-state index is 0.0994. The van der Waals surface area contributed by atoms with Crippen molar-refractivity contribution in [1.82, 2.24) is 4.90 Å². The Morgan fingerprint density at radius 1 is 1.37 bits per heavy atom. The zero-order chi connectivity index (χ0) is 14.6. The fraction of sp³-hybridized carbons (Fsp3) is 0.385. The van der Waals surface area contributed by atoms with Crippen molar-refractivity contribution < 1.29 is 14.7 Å². The summed E-state index contributed by atoms with van der Waals surface area (Å²) in [4.78, 5) is 24.1. The van der Waals surface area contributed by atoms with Gasteiger partial charge in [-0.1, -0.05) is 42.3 Å². The maximum absolute atomic E-state index is 12.0. The monoisotopic (exact) mass is 303 g/mol. The molecule has 1 aromatic rings. The van der Waals surface area contributed by atoms with Crippen LogP contribution < -0.4 is 0 Å².